The van der Waals surface area contributed by atoms with Gasteiger partial charge in [-0.3, -0.25) is 19.8 Å². The van der Waals surface area contributed by atoms with E-state index in [1.165, 1.54) is 23.1 Å². The number of aryl methyl sites for hydroxylation is 3. The number of nitrogens with one attached hydrogen (secondary N) is 1. The number of carboxylic acid groups (broad SMARTS) is 1. The van der Waals surface area contributed by atoms with E-state index in [4.69, 9.17) is 16.6 Å². The van der Waals surface area contributed by atoms with Crippen LogP contribution in [-0.4, -0.2) is 28.0 Å². The summed E-state index contributed by atoms with van der Waals surface area (Å²) in [5.41, 5.74) is 3.92. The molecule has 2 heterocycles. The van der Waals surface area contributed by atoms with Gasteiger partial charge in [-0.05, 0) is 92.2 Å². The molecule has 1 aromatic heterocycles. The third-order valence-electron chi connectivity index (χ3n) is 5.23. The zero-order valence-electron chi connectivity index (χ0n) is 18.1. The number of aromatic carboxylic acids is 1. The van der Waals surface area contributed by atoms with Gasteiger partial charge >= 0.3 is 5.97 Å². The smallest absolute Gasteiger partial charge is 0.335 e. The zero-order valence-corrected chi connectivity index (χ0v) is 18.9. The Labute approximate surface area is 195 Å². The fourth-order valence-electron chi connectivity index (χ4n) is 3.71. The molecule has 0 unspecified atom stereocenters. The Balaban J connectivity index is 1.71. The molecule has 0 saturated carbocycles. The molecule has 166 valence electrons. The number of hydrogen-bond donors (Lipinski definition) is 2. The van der Waals surface area contributed by atoms with E-state index in [9.17, 15) is 19.5 Å². The van der Waals surface area contributed by atoms with E-state index in [1.807, 2.05) is 39.0 Å². The van der Waals surface area contributed by atoms with Crippen LogP contribution in [0.5, 0.6) is 0 Å². The van der Waals surface area contributed by atoms with Gasteiger partial charge in [-0.2, -0.15) is 0 Å². The van der Waals surface area contributed by atoms with Gasteiger partial charge in [0.15, 0.2) is 5.11 Å². The van der Waals surface area contributed by atoms with Crippen molar-refractivity contribution >= 4 is 46.9 Å². The first-order valence-corrected chi connectivity index (χ1v) is 10.5. The summed E-state index contributed by atoms with van der Waals surface area (Å²) in [4.78, 5) is 38.4. The highest BCUT2D eigenvalue weighted by atomic mass is 32.1. The molecule has 0 radical (unpaired) electrons. The lowest BCUT2D eigenvalue weighted by molar-refractivity contribution is -0.122. The Bertz CT molecular complexity index is 1350. The summed E-state index contributed by atoms with van der Waals surface area (Å²) in [7, 11) is 0. The highest BCUT2D eigenvalue weighted by Gasteiger charge is 2.35. The van der Waals surface area contributed by atoms with Gasteiger partial charge in [-0.15, -0.1) is 0 Å². The molecule has 2 N–H and O–H groups in total. The van der Waals surface area contributed by atoms with Crippen molar-refractivity contribution in [3.8, 4) is 11.3 Å². The van der Waals surface area contributed by atoms with Gasteiger partial charge in [0, 0.05) is 5.56 Å². The van der Waals surface area contributed by atoms with Crippen molar-refractivity contribution in [3.05, 3.63) is 82.1 Å². The molecule has 1 saturated heterocycles. The Kier molecular flexibility index (Phi) is 5.69. The molecular weight excluding hydrogens is 440 g/mol. The van der Waals surface area contributed by atoms with Crippen LogP contribution in [0, 0.1) is 20.8 Å². The fourth-order valence-corrected chi connectivity index (χ4v) is 3.99. The van der Waals surface area contributed by atoms with Crippen molar-refractivity contribution in [2.24, 2.45) is 0 Å². The molecule has 2 amide bonds. The van der Waals surface area contributed by atoms with Crippen LogP contribution >= 0.6 is 12.2 Å². The van der Waals surface area contributed by atoms with Gasteiger partial charge in [0.1, 0.15) is 17.1 Å². The van der Waals surface area contributed by atoms with Crippen LogP contribution in [-0.2, 0) is 9.59 Å². The van der Waals surface area contributed by atoms with Gasteiger partial charge in [0.2, 0.25) is 0 Å². The van der Waals surface area contributed by atoms with Crippen molar-refractivity contribution in [1.29, 1.82) is 0 Å². The lowest BCUT2D eigenvalue weighted by Gasteiger charge is -2.29. The average Bonchev–Trinajstić information content (AvgIpc) is 3.19. The van der Waals surface area contributed by atoms with E-state index in [-0.39, 0.29) is 22.0 Å². The quantitative estimate of drug-likeness (QED) is 0.340. The summed E-state index contributed by atoms with van der Waals surface area (Å²) in [6.07, 6.45) is 1.36. The number of anilines is 1. The molecule has 8 heteroatoms. The molecule has 0 atom stereocenters. The maximum atomic E-state index is 13.2. The molecule has 0 spiro atoms. The Morgan fingerprint density at radius 1 is 1.03 bits per heavy atom. The first-order valence-electron chi connectivity index (χ1n) is 10.1. The number of thiocarbonyl (C=S) groups is 1. The summed E-state index contributed by atoms with van der Waals surface area (Å²) in [6.45, 7) is 5.66. The predicted octanol–water partition coefficient (Wildman–Crippen LogP) is 4.40. The molecular formula is C25H20N2O5S. The van der Waals surface area contributed by atoms with Crippen molar-refractivity contribution in [2.45, 2.75) is 20.8 Å². The normalized spacial score (nSPS) is 15.2. The maximum Gasteiger partial charge on any atom is 0.335 e. The second-order valence-electron chi connectivity index (χ2n) is 7.84. The molecule has 3 aromatic rings. The van der Waals surface area contributed by atoms with Crippen LogP contribution in [0.4, 0.5) is 5.69 Å². The number of furan rings is 1. The predicted molar refractivity (Wildman–Crippen MR) is 128 cm³/mol. The molecule has 1 fully saturated rings. The number of benzene rings is 2. The lowest BCUT2D eigenvalue weighted by Crippen LogP contribution is -2.54. The second-order valence-corrected chi connectivity index (χ2v) is 8.23. The number of nitrogens with zero attached hydrogens (tertiary/aromatic N) is 1. The number of rotatable bonds is 4. The summed E-state index contributed by atoms with van der Waals surface area (Å²) >= 11 is 5.26. The lowest BCUT2D eigenvalue weighted by atomic mass is 10.0. The minimum absolute atomic E-state index is 0.00777. The van der Waals surface area contributed by atoms with Crippen molar-refractivity contribution in [2.75, 3.05) is 4.90 Å². The van der Waals surface area contributed by atoms with Gasteiger partial charge in [-0.25, -0.2) is 4.79 Å². The molecule has 7 nitrogen and oxygen atoms in total. The third-order valence-corrected chi connectivity index (χ3v) is 5.51. The van der Waals surface area contributed by atoms with Crippen LogP contribution in [0.1, 0.15) is 32.8 Å². The van der Waals surface area contributed by atoms with Gasteiger partial charge in [0.25, 0.3) is 11.8 Å². The van der Waals surface area contributed by atoms with Gasteiger partial charge in [0.05, 0.1) is 11.3 Å². The van der Waals surface area contributed by atoms with Crippen LogP contribution in [0.2, 0.25) is 0 Å². The largest absolute Gasteiger partial charge is 0.478 e. The Morgan fingerprint density at radius 2 is 1.73 bits per heavy atom. The SMILES string of the molecule is Cc1cc(C)cc(N2C(=O)/C(=C/c3ccc(-c4cc(C(=O)O)ccc4C)o3)C(=O)NC2=S)c1. The summed E-state index contributed by atoms with van der Waals surface area (Å²) in [5.74, 6) is -1.52. The van der Waals surface area contributed by atoms with Crippen molar-refractivity contribution in [3.63, 3.8) is 0 Å². The van der Waals surface area contributed by atoms with Gasteiger partial charge in [-0.1, -0.05) is 12.1 Å². The minimum Gasteiger partial charge on any atom is -0.478 e. The summed E-state index contributed by atoms with van der Waals surface area (Å²) in [5, 5.41) is 11.8. The van der Waals surface area contributed by atoms with Crippen LogP contribution < -0.4 is 10.2 Å². The molecule has 0 aliphatic carbocycles. The summed E-state index contributed by atoms with van der Waals surface area (Å²) in [6, 6.07) is 13.6. The first kappa shape index (κ1) is 22.2. The Hall–Kier alpha value is -4.04. The molecule has 4 rings (SSSR count). The number of carbonyl (C=O) groups is 3. The highest BCUT2D eigenvalue weighted by Crippen LogP contribution is 2.29. The monoisotopic (exact) mass is 460 g/mol. The van der Waals surface area contributed by atoms with E-state index in [2.05, 4.69) is 5.32 Å². The molecule has 1 aliphatic heterocycles. The standard InChI is InChI=1S/C25H20N2O5S/c1-13-8-14(2)10-17(9-13)27-23(29)20(22(28)26-25(27)33)12-18-6-7-21(32-18)19-11-16(24(30)31)5-4-15(19)3/h4-12H,1-3H3,(H,30,31)(H,26,28,33)/b20-12+. The summed E-state index contributed by atoms with van der Waals surface area (Å²) < 4.78 is 5.84. The van der Waals surface area contributed by atoms with Crippen LogP contribution in [0.25, 0.3) is 17.4 Å². The van der Waals surface area contributed by atoms with Gasteiger partial charge < -0.3 is 9.52 Å². The third kappa shape index (κ3) is 4.33. The number of carboxylic acids is 1. The van der Waals surface area contributed by atoms with E-state index in [0.717, 1.165) is 16.7 Å². The first-order chi connectivity index (χ1) is 15.6. The zero-order chi connectivity index (χ0) is 23.9. The number of amides is 2. The van der Waals surface area contributed by atoms with Crippen molar-refractivity contribution in [1.82, 2.24) is 5.32 Å². The minimum atomic E-state index is -1.04. The highest BCUT2D eigenvalue weighted by molar-refractivity contribution is 7.80. The Morgan fingerprint density at radius 3 is 2.39 bits per heavy atom. The molecule has 2 aromatic carbocycles. The molecule has 0 bridgehead atoms. The van der Waals surface area contributed by atoms with Crippen LogP contribution in [0.3, 0.4) is 0 Å². The van der Waals surface area contributed by atoms with E-state index in [0.29, 0.717) is 17.0 Å². The number of hydrogen-bond acceptors (Lipinski definition) is 5. The average molecular weight is 461 g/mol. The maximum absolute atomic E-state index is 13.2. The van der Waals surface area contributed by atoms with Crippen LogP contribution in [0.15, 0.2) is 58.5 Å². The van der Waals surface area contributed by atoms with E-state index < -0.39 is 17.8 Å². The second kappa shape index (κ2) is 8.48. The van der Waals surface area contributed by atoms with E-state index >= 15 is 0 Å². The number of carbonyl (C=O) groups excluding carboxylic acids is 2. The topological polar surface area (TPSA) is 99.8 Å². The van der Waals surface area contributed by atoms with E-state index in [1.54, 1.807) is 18.2 Å². The molecule has 1 aliphatic rings. The fraction of sp³-hybridized carbons (Fsp3) is 0.120. The van der Waals surface area contributed by atoms with Crippen molar-refractivity contribution < 1.29 is 23.9 Å². The molecule has 33 heavy (non-hydrogen) atoms.